The first-order chi connectivity index (χ1) is 10.1. The number of carbonyl (C=O) groups excluding carboxylic acids is 1. The molecule has 0 saturated carbocycles. The van der Waals surface area contributed by atoms with Crippen LogP contribution in [0.3, 0.4) is 0 Å². The van der Waals surface area contributed by atoms with Gasteiger partial charge in [0.05, 0.1) is 12.1 Å². The fourth-order valence-corrected chi connectivity index (χ4v) is 3.11. The lowest BCUT2D eigenvalue weighted by Gasteiger charge is -2.22. The Kier molecular flexibility index (Phi) is 3.93. The van der Waals surface area contributed by atoms with E-state index in [2.05, 4.69) is 47.5 Å². The van der Waals surface area contributed by atoms with Gasteiger partial charge in [0.2, 0.25) is 5.91 Å². The molecular formula is C18H22N2O. The molecule has 1 aliphatic rings. The summed E-state index contributed by atoms with van der Waals surface area (Å²) in [5.41, 5.74) is 1.16. The van der Waals surface area contributed by atoms with E-state index < -0.39 is 0 Å². The van der Waals surface area contributed by atoms with Crippen LogP contribution in [0.5, 0.6) is 0 Å². The number of rotatable bonds is 3. The molecule has 2 aromatic rings. The first kappa shape index (κ1) is 14.1. The van der Waals surface area contributed by atoms with Crippen molar-refractivity contribution in [2.75, 3.05) is 13.6 Å². The minimum Gasteiger partial charge on any atom is -0.348 e. The Hall–Kier alpha value is -1.87. The average molecular weight is 282 g/mol. The number of hydrogen-bond donors (Lipinski definition) is 1. The van der Waals surface area contributed by atoms with Gasteiger partial charge < -0.3 is 5.32 Å². The van der Waals surface area contributed by atoms with E-state index in [0.717, 1.165) is 24.9 Å². The van der Waals surface area contributed by atoms with E-state index in [1.165, 1.54) is 10.8 Å². The van der Waals surface area contributed by atoms with Crippen LogP contribution in [0, 0.1) is 0 Å². The van der Waals surface area contributed by atoms with Gasteiger partial charge in [-0.1, -0.05) is 36.4 Å². The number of likely N-dealkylation sites (tertiary alicyclic amines) is 1. The number of amides is 1. The highest BCUT2D eigenvalue weighted by Gasteiger charge is 2.28. The molecule has 2 aromatic carbocycles. The molecule has 3 nitrogen and oxygen atoms in total. The molecule has 0 bridgehead atoms. The van der Waals surface area contributed by atoms with Crippen molar-refractivity contribution in [1.29, 1.82) is 0 Å². The van der Waals surface area contributed by atoms with Crippen LogP contribution in [-0.2, 0) is 4.79 Å². The van der Waals surface area contributed by atoms with E-state index in [1.54, 1.807) is 0 Å². The van der Waals surface area contributed by atoms with E-state index in [1.807, 2.05) is 19.2 Å². The molecule has 2 atom stereocenters. The van der Waals surface area contributed by atoms with Gasteiger partial charge in [-0.15, -0.1) is 0 Å². The zero-order chi connectivity index (χ0) is 14.8. The molecule has 1 fully saturated rings. The second-order valence-corrected chi connectivity index (χ2v) is 5.98. The lowest BCUT2D eigenvalue weighted by atomic mass is 10.0. The quantitative estimate of drug-likeness (QED) is 0.938. The van der Waals surface area contributed by atoms with Crippen molar-refractivity contribution >= 4 is 16.7 Å². The number of carbonyl (C=O) groups is 1. The average Bonchev–Trinajstić information content (AvgIpc) is 2.93. The summed E-state index contributed by atoms with van der Waals surface area (Å²) in [7, 11) is 2.03. The van der Waals surface area contributed by atoms with Crippen molar-refractivity contribution in [2.45, 2.75) is 31.8 Å². The number of benzene rings is 2. The zero-order valence-corrected chi connectivity index (χ0v) is 12.7. The van der Waals surface area contributed by atoms with Gasteiger partial charge in [0, 0.05) is 0 Å². The number of likely N-dealkylation sites (N-methyl/N-ethyl adjacent to an activating group) is 1. The molecule has 3 rings (SSSR count). The van der Waals surface area contributed by atoms with Crippen LogP contribution in [0.4, 0.5) is 0 Å². The molecule has 3 heteroatoms. The summed E-state index contributed by atoms with van der Waals surface area (Å²) >= 11 is 0. The highest BCUT2D eigenvalue weighted by molar-refractivity contribution is 5.84. The molecular weight excluding hydrogens is 260 g/mol. The Balaban J connectivity index is 1.74. The molecule has 0 radical (unpaired) electrons. The molecule has 0 spiro atoms. The minimum absolute atomic E-state index is 0.0351. The van der Waals surface area contributed by atoms with Crippen LogP contribution in [0.1, 0.15) is 31.4 Å². The van der Waals surface area contributed by atoms with Crippen LogP contribution in [0.25, 0.3) is 10.8 Å². The second-order valence-electron chi connectivity index (χ2n) is 5.98. The Morgan fingerprint density at radius 2 is 2.00 bits per heavy atom. The van der Waals surface area contributed by atoms with E-state index in [-0.39, 0.29) is 18.0 Å². The van der Waals surface area contributed by atoms with Crippen LogP contribution in [0.15, 0.2) is 42.5 Å². The van der Waals surface area contributed by atoms with Gasteiger partial charge in [-0.2, -0.15) is 0 Å². The van der Waals surface area contributed by atoms with Gasteiger partial charge in [-0.05, 0) is 55.8 Å². The van der Waals surface area contributed by atoms with Crippen LogP contribution in [0.2, 0.25) is 0 Å². The van der Waals surface area contributed by atoms with Gasteiger partial charge in [-0.3, -0.25) is 9.69 Å². The molecule has 1 unspecified atom stereocenters. The first-order valence-corrected chi connectivity index (χ1v) is 7.64. The third-order valence-corrected chi connectivity index (χ3v) is 4.46. The van der Waals surface area contributed by atoms with E-state index in [0.29, 0.717) is 0 Å². The molecule has 0 aromatic heterocycles. The van der Waals surface area contributed by atoms with Crippen LogP contribution < -0.4 is 5.32 Å². The number of fused-ring (bicyclic) bond motifs is 1. The molecule has 110 valence electrons. The smallest absolute Gasteiger partial charge is 0.237 e. The number of hydrogen-bond acceptors (Lipinski definition) is 2. The maximum absolute atomic E-state index is 12.4. The molecule has 21 heavy (non-hydrogen) atoms. The van der Waals surface area contributed by atoms with Gasteiger partial charge in [0.1, 0.15) is 0 Å². The summed E-state index contributed by atoms with van der Waals surface area (Å²) in [5.74, 6) is 0.149. The summed E-state index contributed by atoms with van der Waals surface area (Å²) in [5, 5.41) is 5.60. The van der Waals surface area contributed by atoms with E-state index in [9.17, 15) is 4.79 Å². The predicted molar refractivity (Wildman–Crippen MR) is 86.2 cm³/mol. The fraction of sp³-hybridized carbons (Fsp3) is 0.389. The van der Waals surface area contributed by atoms with Gasteiger partial charge >= 0.3 is 0 Å². The van der Waals surface area contributed by atoms with Gasteiger partial charge in [0.15, 0.2) is 0 Å². The maximum Gasteiger partial charge on any atom is 0.237 e. The molecule has 1 heterocycles. The monoisotopic (exact) mass is 282 g/mol. The largest absolute Gasteiger partial charge is 0.348 e. The van der Waals surface area contributed by atoms with Crippen molar-refractivity contribution in [1.82, 2.24) is 10.2 Å². The molecule has 1 N–H and O–H groups in total. The third-order valence-electron chi connectivity index (χ3n) is 4.46. The summed E-state index contributed by atoms with van der Waals surface area (Å²) in [6.07, 6.45) is 2.08. The van der Waals surface area contributed by atoms with Crippen molar-refractivity contribution in [3.63, 3.8) is 0 Å². The second kappa shape index (κ2) is 5.86. The van der Waals surface area contributed by atoms with Crippen molar-refractivity contribution < 1.29 is 4.79 Å². The van der Waals surface area contributed by atoms with Crippen LogP contribution >= 0.6 is 0 Å². The first-order valence-electron chi connectivity index (χ1n) is 7.64. The number of nitrogens with one attached hydrogen (secondary N) is 1. The Morgan fingerprint density at radius 1 is 1.24 bits per heavy atom. The highest BCUT2D eigenvalue weighted by atomic mass is 16.2. The Morgan fingerprint density at radius 3 is 2.71 bits per heavy atom. The van der Waals surface area contributed by atoms with E-state index in [4.69, 9.17) is 0 Å². The van der Waals surface area contributed by atoms with Crippen molar-refractivity contribution in [3.8, 4) is 0 Å². The number of nitrogens with zero attached hydrogens (tertiary/aromatic N) is 1. The summed E-state index contributed by atoms with van der Waals surface area (Å²) in [6.45, 7) is 3.07. The van der Waals surface area contributed by atoms with Gasteiger partial charge in [0.25, 0.3) is 0 Å². The Bertz CT molecular complexity index is 652. The standard InChI is InChI=1S/C18H22N2O/c1-13(19-18(21)17-8-5-11-20(17)2)15-10-9-14-6-3-4-7-16(14)12-15/h3-4,6-7,9-10,12-13,17H,5,8,11H2,1-2H3,(H,19,21)/t13?,17-/m1/s1. The summed E-state index contributed by atoms with van der Waals surface area (Å²) in [6, 6.07) is 14.8. The highest BCUT2D eigenvalue weighted by Crippen LogP contribution is 2.21. The third kappa shape index (κ3) is 2.93. The topological polar surface area (TPSA) is 32.3 Å². The normalized spacial score (nSPS) is 20.6. The van der Waals surface area contributed by atoms with Crippen molar-refractivity contribution in [2.24, 2.45) is 0 Å². The van der Waals surface area contributed by atoms with Crippen LogP contribution in [-0.4, -0.2) is 30.4 Å². The summed E-state index contributed by atoms with van der Waals surface area (Å²) in [4.78, 5) is 14.5. The zero-order valence-electron chi connectivity index (χ0n) is 12.7. The van der Waals surface area contributed by atoms with E-state index >= 15 is 0 Å². The van der Waals surface area contributed by atoms with Crippen molar-refractivity contribution in [3.05, 3.63) is 48.0 Å². The predicted octanol–water partition coefficient (Wildman–Crippen LogP) is 3.11. The molecule has 1 amide bonds. The lowest BCUT2D eigenvalue weighted by Crippen LogP contribution is -2.42. The minimum atomic E-state index is 0.0351. The summed E-state index contributed by atoms with van der Waals surface area (Å²) < 4.78 is 0. The maximum atomic E-state index is 12.4. The van der Waals surface area contributed by atoms with Gasteiger partial charge in [-0.25, -0.2) is 0 Å². The lowest BCUT2D eigenvalue weighted by molar-refractivity contribution is -0.125. The molecule has 0 aliphatic carbocycles. The Labute approximate surface area is 125 Å². The SMILES string of the molecule is CC(NC(=O)[C@H]1CCCN1C)c1ccc2ccccc2c1. The fourth-order valence-electron chi connectivity index (χ4n) is 3.11. The molecule has 1 saturated heterocycles. The molecule has 1 aliphatic heterocycles.